The minimum Gasteiger partial charge on any atom is -0.389 e. The van der Waals surface area contributed by atoms with Gasteiger partial charge >= 0.3 is 0 Å². The van der Waals surface area contributed by atoms with Crippen molar-refractivity contribution < 1.29 is 5.11 Å². The van der Waals surface area contributed by atoms with E-state index in [1.807, 2.05) is 12.1 Å². The highest BCUT2D eigenvalue weighted by molar-refractivity contribution is 7.07. The Morgan fingerprint density at radius 3 is 2.95 bits per heavy atom. The van der Waals surface area contributed by atoms with E-state index in [4.69, 9.17) is 0 Å². The predicted molar refractivity (Wildman–Crippen MR) is 78.4 cm³/mol. The van der Waals surface area contributed by atoms with Crippen molar-refractivity contribution in [2.45, 2.75) is 38.5 Å². The van der Waals surface area contributed by atoms with Crippen molar-refractivity contribution in [1.29, 1.82) is 0 Å². The van der Waals surface area contributed by atoms with Crippen LogP contribution in [0.5, 0.6) is 0 Å². The maximum atomic E-state index is 9.70. The molecule has 1 aliphatic rings. The van der Waals surface area contributed by atoms with Crippen molar-refractivity contribution in [3.05, 3.63) is 46.3 Å². The third kappa shape index (κ3) is 2.96. The number of hydrogen-bond donors (Lipinski definition) is 1. The molecule has 3 nitrogen and oxygen atoms in total. The molecule has 0 aromatic carbocycles. The summed E-state index contributed by atoms with van der Waals surface area (Å²) >= 11 is 1.73. The van der Waals surface area contributed by atoms with E-state index < -0.39 is 6.10 Å². The SMILES string of the molecule is CC(O)c1ccnc(N(Cc2ccsc2)C2CC2)c1. The molecule has 1 fully saturated rings. The number of aliphatic hydroxyl groups excluding tert-OH is 1. The van der Waals surface area contributed by atoms with Crippen molar-refractivity contribution in [2.75, 3.05) is 4.90 Å². The van der Waals surface area contributed by atoms with Crippen molar-refractivity contribution >= 4 is 17.2 Å². The second-order valence-corrected chi connectivity index (χ2v) is 5.89. The Morgan fingerprint density at radius 1 is 1.47 bits per heavy atom. The number of hydrogen-bond acceptors (Lipinski definition) is 4. The molecule has 0 aliphatic heterocycles. The van der Waals surface area contributed by atoms with Gasteiger partial charge in [0, 0.05) is 18.8 Å². The molecule has 4 heteroatoms. The van der Waals surface area contributed by atoms with Crippen LogP contribution in [0, 0.1) is 0 Å². The fraction of sp³-hybridized carbons (Fsp3) is 0.400. The number of nitrogens with zero attached hydrogens (tertiary/aromatic N) is 2. The van der Waals surface area contributed by atoms with E-state index in [0.717, 1.165) is 17.9 Å². The fourth-order valence-corrected chi connectivity index (χ4v) is 2.87. The van der Waals surface area contributed by atoms with Crippen LogP contribution in [0.15, 0.2) is 35.2 Å². The van der Waals surface area contributed by atoms with Gasteiger partial charge in [0.1, 0.15) is 5.82 Å². The Hall–Kier alpha value is -1.39. The van der Waals surface area contributed by atoms with Crippen molar-refractivity contribution in [2.24, 2.45) is 0 Å². The average Bonchev–Trinajstić information content (AvgIpc) is 3.13. The van der Waals surface area contributed by atoms with Gasteiger partial charge in [0.15, 0.2) is 0 Å². The summed E-state index contributed by atoms with van der Waals surface area (Å²) in [4.78, 5) is 6.84. The lowest BCUT2D eigenvalue weighted by molar-refractivity contribution is 0.199. The van der Waals surface area contributed by atoms with Gasteiger partial charge in [-0.05, 0) is 59.9 Å². The minimum atomic E-state index is -0.441. The van der Waals surface area contributed by atoms with Gasteiger partial charge in [0.2, 0.25) is 0 Å². The van der Waals surface area contributed by atoms with Crippen LogP contribution in [-0.4, -0.2) is 16.1 Å². The molecular weight excluding hydrogens is 256 g/mol. The molecule has 1 atom stereocenters. The first-order chi connectivity index (χ1) is 9.24. The van der Waals surface area contributed by atoms with Gasteiger partial charge in [0.05, 0.1) is 6.10 Å². The van der Waals surface area contributed by atoms with Crippen molar-refractivity contribution in [3.8, 4) is 0 Å². The molecule has 19 heavy (non-hydrogen) atoms. The van der Waals surface area contributed by atoms with Crippen LogP contribution < -0.4 is 4.90 Å². The van der Waals surface area contributed by atoms with Gasteiger partial charge in [-0.2, -0.15) is 11.3 Å². The number of thiophene rings is 1. The van der Waals surface area contributed by atoms with Gasteiger partial charge in [0.25, 0.3) is 0 Å². The summed E-state index contributed by atoms with van der Waals surface area (Å²) in [5.41, 5.74) is 2.27. The Morgan fingerprint density at radius 2 is 2.32 bits per heavy atom. The molecule has 0 bridgehead atoms. The highest BCUT2D eigenvalue weighted by Gasteiger charge is 2.30. The van der Waals surface area contributed by atoms with Gasteiger partial charge in [-0.1, -0.05) is 0 Å². The lowest BCUT2D eigenvalue weighted by atomic mass is 10.1. The summed E-state index contributed by atoms with van der Waals surface area (Å²) in [7, 11) is 0. The Kier molecular flexibility index (Phi) is 3.53. The Labute approximate surface area is 117 Å². The van der Waals surface area contributed by atoms with Gasteiger partial charge in [-0.15, -0.1) is 0 Å². The van der Waals surface area contributed by atoms with E-state index in [2.05, 4.69) is 26.7 Å². The molecule has 1 N–H and O–H groups in total. The molecule has 2 aromatic heterocycles. The Balaban J connectivity index is 1.85. The monoisotopic (exact) mass is 274 g/mol. The van der Waals surface area contributed by atoms with E-state index in [-0.39, 0.29) is 0 Å². The maximum Gasteiger partial charge on any atom is 0.129 e. The maximum absolute atomic E-state index is 9.70. The lowest BCUT2D eigenvalue weighted by Gasteiger charge is -2.23. The molecule has 0 saturated heterocycles. The molecule has 1 aliphatic carbocycles. The highest BCUT2D eigenvalue weighted by Crippen LogP contribution is 2.33. The Bertz CT molecular complexity index is 535. The zero-order valence-corrected chi connectivity index (χ0v) is 11.8. The van der Waals surface area contributed by atoms with Crippen LogP contribution in [0.3, 0.4) is 0 Å². The first kappa shape index (κ1) is 12.6. The summed E-state index contributed by atoms with van der Waals surface area (Å²) in [6.07, 6.45) is 3.83. The summed E-state index contributed by atoms with van der Waals surface area (Å²) in [5, 5.41) is 14.0. The molecule has 0 amide bonds. The number of pyridine rings is 1. The molecule has 0 spiro atoms. The van der Waals surface area contributed by atoms with Crippen molar-refractivity contribution in [1.82, 2.24) is 4.98 Å². The van der Waals surface area contributed by atoms with Crippen LogP contribution in [0.4, 0.5) is 5.82 Å². The predicted octanol–water partition coefficient (Wildman–Crippen LogP) is 3.37. The van der Waals surface area contributed by atoms with E-state index in [0.29, 0.717) is 6.04 Å². The summed E-state index contributed by atoms with van der Waals surface area (Å²) in [5.74, 6) is 0.979. The zero-order chi connectivity index (χ0) is 13.2. The lowest BCUT2D eigenvalue weighted by Crippen LogP contribution is -2.25. The number of aliphatic hydroxyl groups is 1. The van der Waals surface area contributed by atoms with E-state index in [1.165, 1.54) is 18.4 Å². The van der Waals surface area contributed by atoms with Crippen LogP contribution in [-0.2, 0) is 6.54 Å². The van der Waals surface area contributed by atoms with Crippen LogP contribution in [0.2, 0.25) is 0 Å². The van der Waals surface area contributed by atoms with Gasteiger partial charge < -0.3 is 10.0 Å². The van der Waals surface area contributed by atoms with Crippen LogP contribution >= 0.6 is 11.3 Å². The molecule has 2 heterocycles. The quantitative estimate of drug-likeness (QED) is 0.908. The highest BCUT2D eigenvalue weighted by atomic mass is 32.1. The average molecular weight is 274 g/mol. The second kappa shape index (κ2) is 5.31. The van der Waals surface area contributed by atoms with E-state index in [9.17, 15) is 5.11 Å². The van der Waals surface area contributed by atoms with Crippen LogP contribution in [0.1, 0.15) is 37.0 Å². The molecule has 100 valence electrons. The van der Waals surface area contributed by atoms with Crippen molar-refractivity contribution in [3.63, 3.8) is 0 Å². The van der Waals surface area contributed by atoms with Gasteiger partial charge in [-0.3, -0.25) is 0 Å². The topological polar surface area (TPSA) is 36.4 Å². The second-order valence-electron chi connectivity index (χ2n) is 5.11. The number of aromatic nitrogens is 1. The third-order valence-electron chi connectivity index (χ3n) is 3.47. The molecule has 1 unspecified atom stereocenters. The number of anilines is 1. The summed E-state index contributed by atoms with van der Waals surface area (Å²) in [6.45, 7) is 2.70. The summed E-state index contributed by atoms with van der Waals surface area (Å²) in [6, 6.07) is 6.66. The van der Waals surface area contributed by atoms with E-state index >= 15 is 0 Å². The molecule has 3 rings (SSSR count). The first-order valence-electron chi connectivity index (χ1n) is 6.66. The molecule has 1 saturated carbocycles. The molecular formula is C15H18N2OS. The zero-order valence-electron chi connectivity index (χ0n) is 11.0. The minimum absolute atomic E-state index is 0.441. The largest absolute Gasteiger partial charge is 0.389 e. The standard InChI is InChI=1S/C15H18N2OS/c1-11(18)13-4-6-16-15(8-13)17(14-2-3-14)9-12-5-7-19-10-12/h4-8,10-11,14,18H,2-3,9H2,1H3. The first-order valence-corrected chi connectivity index (χ1v) is 7.60. The van der Waals surface area contributed by atoms with Gasteiger partial charge in [-0.25, -0.2) is 4.98 Å². The molecule has 0 radical (unpaired) electrons. The number of rotatable bonds is 5. The fourth-order valence-electron chi connectivity index (χ4n) is 2.21. The third-order valence-corrected chi connectivity index (χ3v) is 4.20. The smallest absolute Gasteiger partial charge is 0.129 e. The summed E-state index contributed by atoms with van der Waals surface area (Å²) < 4.78 is 0. The van der Waals surface area contributed by atoms with E-state index in [1.54, 1.807) is 24.5 Å². The van der Waals surface area contributed by atoms with Crippen LogP contribution in [0.25, 0.3) is 0 Å². The normalized spacial score (nSPS) is 16.3. The molecule has 2 aromatic rings.